The summed E-state index contributed by atoms with van der Waals surface area (Å²) in [5, 5.41) is 8.80. The summed E-state index contributed by atoms with van der Waals surface area (Å²) in [7, 11) is 1.65. The van der Waals surface area contributed by atoms with Gasteiger partial charge in [0.05, 0.1) is 37.7 Å². The van der Waals surface area contributed by atoms with Crippen molar-refractivity contribution in [3.8, 4) is 39.7 Å². The van der Waals surface area contributed by atoms with E-state index in [4.69, 9.17) is 4.74 Å². The minimum Gasteiger partial charge on any atom is -0.492 e. The van der Waals surface area contributed by atoms with Gasteiger partial charge < -0.3 is 9.30 Å². The number of pyridine rings is 1. The third-order valence-corrected chi connectivity index (χ3v) is 5.14. The van der Waals surface area contributed by atoms with Gasteiger partial charge in [0, 0.05) is 36.4 Å². The van der Waals surface area contributed by atoms with Crippen LogP contribution in [0, 0.1) is 11.7 Å². The van der Waals surface area contributed by atoms with Crippen molar-refractivity contribution in [3.05, 3.63) is 54.4 Å². The van der Waals surface area contributed by atoms with E-state index < -0.39 is 42.6 Å². The number of hydrogen-bond donors (Lipinski definition) is 1. The van der Waals surface area contributed by atoms with Gasteiger partial charge in [0.25, 0.3) is 0 Å². The van der Waals surface area contributed by atoms with E-state index in [0.717, 1.165) is 6.07 Å². The molecule has 0 spiro atoms. The largest absolute Gasteiger partial charge is 0.492 e. The van der Waals surface area contributed by atoms with E-state index >= 15 is 0 Å². The Morgan fingerprint density at radius 3 is 2.51 bits per heavy atom. The van der Waals surface area contributed by atoms with Crippen LogP contribution in [0.15, 0.2) is 42.9 Å². The fraction of sp³-hybridized carbons (Fsp3) is 0.273. The van der Waals surface area contributed by atoms with Crippen LogP contribution in [0.1, 0.15) is 5.69 Å². The van der Waals surface area contributed by atoms with Gasteiger partial charge in [-0.25, -0.2) is 9.37 Å². The molecular weight excluding hydrogens is 478 g/mol. The van der Waals surface area contributed by atoms with Crippen molar-refractivity contribution in [2.24, 2.45) is 13.0 Å². The standard InChI is InChI=1S/C22H18F6N6O/c1-34-11-30-19(16-6-13(4-5-29-16)18-21(22(26,27)28)32-33-31-18)20(34)15-3-2-14(25)7-17(15)35-10-12(8-23)9-24/h2-7,11-12H,8-10H2,1H3,(H,31,32,33). The second kappa shape index (κ2) is 9.76. The highest BCUT2D eigenvalue weighted by molar-refractivity contribution is 5.82. The summed E-state index contributed by atoms with van der Waals surface area (Å²) in [5.41, 5.74) is -0.282. The number of aromatic amines is 1. The van der Waals surface area contributed by atoms with Crippen LogP contribution < -0.4 is 4.74 Å². The molecule has 7 nitrogen and oxygen atoms in total. The van der Waals surface area contributed by atoms with E-state index in [9.17, 15) is 26.3 Å². The highest BCUT2D eigenvalue weighted by Crippen LogP contribution is 2.38. The first-order valence-electron chi connectivity index (χ1n) is 10.2. The third-order valence-electron chi connectivity index (χ3n) is 5.14. The molecule has 13 heteroatoms. The van der Waals surface area contributed by atoms with Gasteiger partial charge in [0.2, 0.25) is 0 Å². The molecule has 184 valence electrons. The van der Waals surface area contributed by atoms with Crippen molar-refractivity contribution in [1.82, 2.24) is 29.9 Å². The maximum Gasteiger partial charge on any atom is 0.437 e. The Hall–Kier alpha value is -3.90. The monoisotopic (exact) mass is 496 g/mol. The molecule has 35 heavy (non-hydrogen) atoms. The molecule has 0 aliphatic heterocycles. The molecule has 4 rings (SSSR count). The SMILES string of the molecule is Cn1cnc(-c2cc(-c3n[nH]nc3C(F)(F)F)ccn2)c1-c1ccc(F)cc1OCC(CF)CF. The average molecular weight is 496 g/mol. The van der Waals surface area contributed by atoms with Gasteiger partial charge in [-0.3, -0.25) is 13.8 Å². The Morgan fingerprint density at radius 2 is 1.80 bits per heavy atom. The number of rotatable bonds is 8. The van der Waals surface area contributed by atoms with Crippen molar-refractivity contribution >= 4 is 0 Å². The summed E-state index contributed by atoms with van der Waals surface area (Å²) in [6.07, 6.45) is -1.98. The van der Waals surface area contributed by atoms with Crippen LogP contribution in [0.2, 0.25) is 0 Å². The fourth-order valence-electron chi connectivity index (χ4n) is 3.42. The first-order valence-corrected chi connectivity index (χ1v) is 10.2. The van der Waals surface area contributed by atoms with Gasteiger partial charge in [-0.1, -0.05) is 0 Å². The number of alkyl halides is 5. The smallest absolute Gasteiger partial charge is 0.437 e. The Bertz CT molecular complexity index is 1310. The molecule has 0 unspecified atom stereocenters. The summed E-state index contributed by atoms with van der Waals surface area (Å²) in [5.74, 6) is -1.62. The van der Waals surface area contributed by atoms with Gasteiger partial charge in [-0.15, -0.1) is 0 Å². The molecular formula is C22H18F6N6O. The minimum absolute atomic E-state index is 0.0220. The first kappa shape index (κ1) is 24.2. The number of aryl methyl sites for hydroxylation is 1. The normalized spacial score (nSPS) is 11.9. The summed E-state index contributed by atoms with van der Waals surface area (Å²) < 4.78 is 86.8. The number of ether oxygens (including phenoxy) is 1. The molecule has 1 aromatic carbocycles. The Balaban J connectivity index is 1.78. The van der Waals surface area contributed by atoms with Crippen LogP contribution in [-0.4, -0.2) is 49.9 Å². The van der Waals surface area contributed by atoms with Crippen molar-refractivity contribution < 1.29 is 31.1 Å². The lowest BCUT2D eigenvalue weighted by Crippen LogP contribution is -2.16. The highest BCUT2D eigenvalue weighted by atomic mass is 19.4. The zero-order valence-electron chi connectivity index (χ0n) is 18.2. The lowest BCUT2D eigenvalue weighted by molar-refractivity contribution is -0.140. The number of nitrogens with one attached hydrogen (secondary N) is 1. The van der Waals surface area contributed by atoms with Crippen LogP contribution in [0.3, 0.4) is 0 Å². The molecule has 0 radical (unpaired) electrons. The molecule has 3 aromatic heterocycles. The number of aromatic nitrogens is 6. The molecule has 3 heterocycles. The molecule has 0 fully saturated rings. The predicted molar refractivity (Wildman–Crippen MR) is 113 cm³/mol. The van der Waals surface area contributed by atoms with E-state index in [1.54, 1.807) is 11.6 Å². The van der Waals surface area contributed by atoms with Gasteiger partial charge >= 0.3 is 6.18 Å². The molecule has 0 aliphatic rings. The Kier molecular flexibility index (Phi) is 6.76. The summed E-state index contributed by atoms with van der Waals surface area (Å²) in [6.45, 7) is -2.22. The van der Waals surface area contributed by atoms with Crippen LogP contribution in [-0.2, 0) is 13.2 Å². The molecule has 0 saturated heterocycles. The van der Waals surface area contributed by atoms with Crippen LogP contribution in [0.5, 0.6) is 5.75 Å². The maximum atomic E-state index is 14.0. The number of halogens is 6. The number of benzene rings is 1. The molecule has 0 bridgehead atoms. The molecule has 0 saturated carbocycles. The first-order chi connectivity index (χ1) is 16.7. The van der Waals surface area contributed by atoms with Crippen LogP contribution >= 0.6 is 0 Å². The van der Waals surface area contributed by atoms with Crippen molar-refractivity contribution in [1.29, 1.82) is 0 Å². The summed E-state index contributed by atoms with van der Waals surface area (Å²) in [6, 6.07) is 6.38. The zero-order valence-corrected chi connectivity index (χ0v) is 18.2. The van der Waals surface area contributed by atoms with E-state index in [1.807, 2.05) is 5.21 Å². The number of nitrogens with zero attached hydrogens (tertiary/aromatic N) is 5. The van der Waals surface area contributed by atoms with Gasteiger partial charge in [-0.05, 0) is 24.3 Å². The Labute approximate surface area is 194 Å². The van der Waals surface area contributed by atoms with Crippen molar-refractivity contribution in [3.63, 3.8) is 0 Å². The van der Waals surface area contributed by atoms with Crippen LogP contribution in [0.4, 0.5) is 26.3 Å². The van der Waals surface area contributed by atoms with Crippen LogP contribution in [0.25, 0.3) is 33.9 Å². The number of hydrogen-bond acceptors (Lipinski definition) is 5. The van der Waals surface area contributed by atoms with E-state index in [0.29, 0.717) is 11.3 Å². The van der Waals surface area contributed by atoms with E-state index in [2.05, 4.69) is 20.2 Å². The minimum atomic E-state index is -4.72. The quantitative estimate of drug-likeness (QED) is 0.346. The maximum absolute atomic E-state index is 14.0. The van der Waals surface area contributed by atoms with Crippen molar-refractivity contribution in [2.45, 2.75) is 6.18 Å². The lowest BCUT2D eigenvalue weighted by Gasteiger charge is -2.16. The molecule has 4 aromatic rings. The third kappa shape index (κ3) is 4.98. The second-order valence-corrected chi connectivity index (χ2v) is 7.63. The fourth-order valence-corrected chi connectivity index (χ4v) is 3.42. The van der Waals surface area contributed by atoms with Gasteiger partial charge in [0.1, 0.15) is 23.0 Å². The number of H-pyrrole nitrogens is 1. The summed E-state index contributed by atoms with van der Waals surface area (Å²) in [4.78, 5) is 8.54. The van der Waals surface area contributed by atoms with Gasteiger partial charge in [0.15, 0.2) is 5.69 Å². The lowest BCUT2D eigenvalue weighted by atomic mass is 10.0. The molecule has 0 atom stereocenters. The average Bonchev–Trinajstić information content (AvgIpc) is 3.47. The molecule has 0 aliphatic carbocycles. The van der Waals surface area contributed by atoms with E-state index in [-0.39, 0.29) is 29.3 Å². The highest BCUT2D eigenvalue weighted by Gasteiger charge is 2.38. The predicted octanol–water partition coefficient (Wildman–Crippen LogP) is 5.03. The molecule has 0 amide bonds. The van der Waals surface area contributed by atoms with E-state index in [1.165, 1.54) is 36.8 Å². The zero-order chi connectivity index (χ0) is 25.2. The summed E-state index contributed by atoms with van der Waals surface area (Å²) >= 11 is 0. The Morgan fingerprint density at radius 1 is 1.03 bits per heavy atom. The number of imidazole rings is 1. The van der Waals surface area contributed by atoms with Crippen molar-refractivity contribution in [2.75, 3.05) is 20.0 Å². The molecule has 1 N–H and O–H groups in total. The van der Waals surface area contributed by atoms with Gasteiger partial charge in [-0.2, -0.15) is 28.6 Å². The topological polar surface area (TPSA) is 81.5 Å². The second-order valence-electron chi connectivity index (χ2n) is 7.63.